The minimum absolute atomic E-state index is 0.515. The van der Waals surface area contributed by atoms with E-state index in [0.29, 0.717) is 17.9 Å². The van der Waals surface area contributed by atoms with E-state index >= 15 is 0 Å². The third kappa shape index (κ3) is 2.59. The summed E-state index contributed by atoms with van der Waals surface area (Å²) in [5, 5.41) is 0. The van der Waals surface area contributed by atoms with Gasteiger partial charge >= 0.3 is 0 Å². The van der Waals surface area contributed by atoms with Crippen LogP contribution >= 0.6 is 0 Å². The summed E-state index contributed by atoms with van der Waals surface area (Å²) in [6.07, 6.45) is 11.4. The summed E-state index contributed by atoms with van der Waals surface area (Å²) in [6, 6.07) is 0.642. The van der Waals surface area contributed by atoms with Crippen molar-refractivity contribution in [2.45, 2.75) is 75.7 Å². The van der Waals surface area contributed by atoms with Crippen LogP contribution in [0.5, 0.6) is 0 Å². The second kappa shape index (κ2) is 5.64. The first-order valence-electron chi connectivity index (χ1n) is 8.80. The predicted molar refractivity (Wildman–Crippen MR) is 83.5 cm³/mol. The number of ether oxygens (including phenoxy) is 1. The summed E-state index contributed by atoms with van der Waals surface area (Å²) in [5.41, 5.74) is 7.73. The maximum absolute atomic E-state index is 6.54. The monoisotopic (exact) mass is 289 g/mol. The molecule has 116 valence electrons. The number of imidazole rings is 1. The van der Waals surface area contributed by atoms with Gasteiger partial charge in [0, 0.05) is 31.1 Å². The molecule has 3 aliphatic rings. The van der Waals surface area contributed by atoms with Crippen LogP contribution in [0, 0.1) is 0 Å². The Hall–Kier alpha value is -1.03. The molecule has 0 amide bonds. The van der Waals surface area contributed by atoms with Crippen LogP contribution in [0.3, 0.4) is 0 Å². The van der Waals surface area contributed by atoms with Crippen molar-refractivity contribution in [1.82, 2.24) is 9.55 Å². The highest BCUT2D eigenvalue weighted by Crippen LogP contribution is 2.45. The van der Waals surface area contributed by atoms with Crippen LogP contribution in [-0.4, -0.2) is 22.8 Å². The third-order valence-electron chi connectivity index (χ3n) is 5.49. The lowest BCUT2D eigenvalue weighted by Gasteiger charge is -2.22. The van der Waals surface area contributed by atoms with Gasteiger partial charge in [-0.3, -0.25) is 0 Å². The lowest BCUT2D eigenvalue weighted by Crippen LogP contribution is -2.15. The van der Waals surface area contributed by atoms with E-state index in [1.165, 1.54) is 56.5 Å². The van der Waals surface area contributed by atoms with Crippen molar-refractivity contribution in [3.05, 3.63) is 11.5 Å². The van der Waals surface area contributed by atoms with Crippen LogP contribution in [0.1, 0.15) is 87.2 Å². The highest BCUT2D eigenvalue weighted by molar-refractivity contribution is 5.43. The maximum Gasteiger partial charge on any atom is 0.127 e. The largest absolute Gasteiger partial charge is 0.384 e. The van der Waals surface area contributed by atoms with Crippen LogP contribution in [0.15, 0.2) is 0 Å². The standard InChI is InChI=1S/C17H27N3O/c18-16-15(12-8-10-21-11-9-12)19-17(20(16)14-6-7-14)13-4-2-1-3-5-13/h12-14H,1-11,18H2. The molecule has 1 aromatic heterocycles. The molecule has 1 aliphatic heterocycles. The topological polar surface area (TPSA) is 53.1 Å². The molecule has 3 fully saturated rings. The quantitative estimate of drug-likeness (QED) is 0.922. The van der Waals surface area contributed by atoms with E-state index in [1.807, 2.05) is 0 Å². The fraction of sp³-hybridized carbons (Fsp3) is 0.824. The molecule has 0 aromatic carbocycles. The molecule has 21 heavy (non-hydrogen) atoms. The molecule has 2 heterocycles. The molecule has 0 atom stereocenters. The summed E-state index contributed by atoms with van der Waals surface area (Å²) >= 11 is 0. The molecular weight excluding hydrogens is 262 g/mol. The first-order chi connectivity index (χ1) is 10.3. The number of hydrogen-bond acceptors (Lipinski definition) is 3. The molecule has 4 rings (SSSR count). The lowest BCUT2D eigenvalue weighted by molar-refractivity contribution is 0.0847. The molecule has 2 aliphatic carbocycles. The van der Waals surface area contributed by atoms with Crippen LogP contribution in [-0.2, 0) is 4.74 Å². The molecule has 1 aromatic rings. The van der Waals surface area contributed by atoms with E-state index < -0.39 is 0 Å². The van der Waals surface area contributed by atoms with E-state index in [2.05, 4.69) is 4.57 Å². The molecule has 2 N–H and O–H groups in total. The Morgan fingerprint density at radius 1 is 0.905 bits per heavy atom. The fourth-order valence-electron chi connectivity index (χ4n) is 4.12. The van der Waals surface area contributed by atoms with Crippen LogP contribution < -0.4 is 5.73 Å². The Morgan fingerprint density at radius 3 is 2.29 bits per heavy atom. The first kappa shape index (κ1) is 13.6. The molecular formula is C17H27N3O. The predicted octanol–water partition coefficient (Wildman–Crippen LogP) is 3.74. The number of anilines is 1. The van der Waals surface area contributed by atoms with Gasteiger partial charge in [-0.05, 0) is 38.5 Å². The van der Waals surface area contributed by atoms with Gasteiger partial charge in [-0.1, -0.05) is 19.3 Å². The van der Waals surface area contributed by atoms with Gasteiger partial charge in [0.1, 0.15) is 11.6 Å². The summed E-state index contributed by atoms with van der Waals surface area (Å²) in [7, 11) is 0. The lowest BCUT2D eigenvalue weighted by atomic mass is 9.88. The SMILES string of the molecule is Nc1c(C2CCOCC2)nc(C2CCCCC2)n1C1CC1. The number of hydrogen-bond donors (Lipinski definition) is 1. The van der Waals surface area contributed by atoms with Gasteiger partial charge < -0.3 is 15.0 Å². The summed E-state index contributed by atoms with van der Waals surface area (Å²) < 4.78 is 7.92. The van der Waals surface area contributed by atoms with Crippen molar-refractivity contribution in [1.29, 1.82) is 0 Å². The Bertz CT molecular complexity index is 494. The van der Waals surface area contributed by atoms with E-state index in [1.54, 1.807) is 0 Å². The first-order valence-corrected chi connectivity index (χ1v) is 8.80. The molecule has 0 unspecified atom stereocenters. The molecule has 0 bridgehead atoms. The van der Waals surface area contributed by atoms with Crippen molar-refractivity contribution >= 4 is 5.82 Å². The third-order valence-corrected chi connectivity index (χ3v) is 5.49. The van der Waals surface area contributed by atoms with E-state index in [-0.39, 0.29) is 0 Å². The number of aromatic nitrogens is 2. The van der Waals surface area contributed by atoms with E-state index in [9.17, 15) is 0 Å². The smallest absolute Gasteiger partial charge is 0.127 e. The van der Waals surface area contributed by atoms with E-state index in [0.717, 1.165) is 31.9 Å². The van der Waals surface area contributed by atoms with Crippen LogP contribution in [0.4, 0.5) is 5.82 Å². The molecule has 4 nitrogen and oxygen atoms in total. The Kier molecular flexibility index (Phi) is 3.66. The molecule has 2 saturated carbocycles. The molecule has 0 spiro atoms. The highest BCUT2D eigenvalue weighted by atomic mass is 16.5. The van der Waals surface area contributed by atoms with Gasteiger partial charge in [-0.2, -0.15) is 0 Å². The minimum Gasteiger partial charge on any atom is -0.384 e. The molecule has 1 saturated heterocycles. The van der Waals surface area contributed by atoms with Crippen molar-refractivity contribution in [3.8, 4) is 0 Å². The van der Waals surface area contributed by atoms with Gasteiger partial charge in [0.15, 0.2) is 0 Å². The van der Waals surface area contributed by atoms with Gasteiger partial charge in [0.05, 0.1) is 5.69 Å². The summed E-state index contributed by atoms with van der Waals surface area (Å²) in [5.74, 6) is 3.46. The Balaban J connectivity index is 1.67. The van der Waals surface area contributed by atoms with Gasteiger partial charge in [0.25, 0.3) is 0 Å². The van der Waals surface area contributed by atoms with Crippen LogP contribution in [0.25, 0.3) is 0 Å². The average Bonchev–Trinajstić information content (AvgIpc) is 3.32. The number of nitrogens with zero attached hydrogens (tertiary/aromatic N) is 2. The van der Waals surface area contributed by atoms with Crippen molar-refractivity contribution in [2.24, 2.45) is 0 Å². The Labute approximate surface area is 127 Å². The zero-order chi connectivity index (χ0) is 14.2. The highest BCUT2D eigenvalue weighted by Gasteiger charge is 2.34. The summed E-state index contributed by atoms with van der Waals surface area (Å²) in [6.45, 7) is 1.72. The second-order valence-corrected chi connectivity index (χ2v) is 7.06. The normalized spacial score (nSPS) is 25.3. The van der Waals surface area contributed by atoms with Gasteiger partial charge in [-0.15, -0.1) is 0 Å². The van der Waals surface area contributed by atoms with Gasteiger partial charge in [-0.25, -0.2) is 4.98 Å². The number of nitrogens with two attached hydrogens (primary N) is 1. The van der Waals surface area contributed by atoms with Crippen molar-refractivity contribution < 1.29 is 4.74 Å². The Morgan fingerprint density at radius 2 is 1.62 bits per heavy atom. The number of nitrogen functional groups attached to an aromatic ring is 1. The molecule has 0 radical (unpaired) electrons. The molecule has 4 heteroatoms. The minimum atomic E-state index is 0.515. The van der Waals surface area contributed by atoms with Gasteiger partial charge in [0.2, 0.25) is 0 Å². The summed E-state index contributed by atoms with van der Waals surface area (Å²) in [4.78, 5) is 5.10. The fourth-order valence-corrected chi connectivity index (χ4v) is 4.12. The zero-order valence-electron chi connectivity index (χ0n) is 12.9. The average molecular weight is 289 g/mol. The van der Waals surface area contributed by atoms with Crippen molar-refractivity contribution in [2.75, 3.05) is 18.9 Å². The van der Waals surface area contributed by atoms with Crippen molar-refractivity contribution in [3.63, 3.8) is 0 Å². The second-order valence-electron chi connectivity index (χ2n) is 7.06. The maximum atomic E-state index is 6.54. The van der Waals surface area contributed by atoms with E-state index in [4.69, 9.17) is 15.5 Å². The number of rotatable bonds is 3. The zero-order valence-corrected chi connectivity index (χ0v) is 12.9. The van der Waals surface area contributed by atoms with Crippen LogP contribution in [0.2, 0.25) is 0 Å².